The van der Waals surface area contributed by atoms with Gasteiger partial charge in [-0.25, -0.2) is 0 Å². The quantitative estimate of drug-likeness (QED) is 0.737. The summed E-state index contributed by atoms with van der Waals surface area (Å²) in [6.07, 6.45) is 6.80. The molecular weight excluding hydrogens is 211 g/mol. The Morgan fingerprint density at radius 2 is 2.00 bits per heavy atom. The first kappa shape index (κ1) is 13.2. The lowest BCUT2D eigenvalue weighted by molar-refractivity contribution is 0.170. The van der Waals surface area contributed by atoms with Crippen molar-refractivity contribution in [1.29, 1.82) is 0 Å². The summed E-state index contributed by atoms with van der Waals surface area (Å²) in [4.78, 5) is 9.87. The van der Waals surface area contributed by atoms with Gasteiger partial charge in [0.1, 0.15) is 0 Å². The lowest BCUT2D eigenvalue weighted by atomic mass is 10.0. The van der Waals surface area contributed by atoms with Gasteiger partial charge in [0.15, 0.2) is 0 Å². The first-order chi connectivity index (χ1) is 7.06. The highest BCUT2D eigenvalue weighted by atomic mass is 31.2. The monoisotopic (exact) mass is 234 g/mol. The minimum absolute atomic E-state index is 0.0900. The lowest BCUT2D eigenvalue weighted by Gasteiger charge is -2.27. The van der Waals surface area contributed by atoms with E-state index >= 15 is 0 Å². The second kappa shape index (κ2) is 6.03. The number of rotatable bonds is 5. The maximum atomic E-state index is 12.0. The summed E-state index contributed by atoms with van der Waals surface area (Å²) < 4.78 is 17.3. The van der Waals surface area contributed by atoms with E-state index in [2.05, 4.69) is 6.92 Å². The summed E-state index contributed by atoms with van der Waals surface area (Å²) in [5.74, 6) is 0. The smallest absolute Gasteiger partial charge is 0.324 e. The van der Waals surface area contributed by atoms with Crippen LogP contribution in [0.25, 0.3) is 0 Å². The third-order valence-corrected chi connectivity index (χ3v) is 5.16. The second-order valence-corrected chi connectivity index (χ2v) is 6.63. The van der Waals surface area contributed by atoms with E-state index in [1.807, 2.05) is 6.92 Å². The van der Waals surface area contributed by atoms with Gasteiger partial charge in [-0.3, -0.25) is 4.57 Å². The molecule has 1 saturated carbocycles. The van der Waals surface area contributed by atoms with Crippen molar-refractivity contribution in [3.05, 3.63) is 0 Å². The van der Waals surface area contributed by atoms with Crippen molar-refractivity contribution in [2.24, 2.45) is 0 Å². The van der Waals surface area contributed by atoms with Crippen LogP contribution < -0.4 is 0 Å². The second-order valence-electron chi connectivity index (χ2n) is 4.56. The molecule has 0 aromatic carbocycles. The molecule has 1 fully saturated rings. The molecule has 0 heterocycles. The fraction of sp³-hybridized carbons (Fsp3) is 1.00. The Balaban J connectivity index is 2.45. The Bertz CT molecular complexity index is 224. The Morgan fingerprint density at radius 3 is 2.53 bits per heavy atom. The van der Waals surface area contributed by atoms with Crippen LogP contribution in [-0.2, 0) is 9.09 Å². The average molecular weight is 234 g/mol. The zero-order valence-corrected chi connectivity index (χ0v) is 10.7. The maximum Gasteiger partial charge on any atom is 0.331 e. The van der Waals surface area contributed by atoms with Gasteiger partial charge in [-0.15, -0.1) is 0 Å². The number of hydrogen-bond acceptors (Lipinski definition) is 2. The first-order valence-corrected chi connectivity index (χ1v) is 7.71. The standard InChI is InChI=1S/C11H23O3P/c1-3-7-10(2)14-15(12,13)11-8-5-4-6-9-11/h10-11H,3-9H2,1-2H3,(H,12,13). The highest BCUT2D eigenvalue weighted by molar-refractivity contribution is 7.53. The third kappa shape index (κ3) is 4.26. The Kier molecular flexibility index (Phi) is 5.31. The van der Waals surface area contributed by atoms with Crippen molar-refractivity contribution >= 4 is 7.60 Å². The molecule has 0 aliphatic heterocycles. The Hall–Kier alpha value is 0.150. The van der Waals surface area contributed by atoms with Crippen molar-refractivity contribution in [3.63, 3.8) is 0 Å². The molecule has 0 aromatic heterocycles. The van der Waals surface area contributed by atoms with Crippen molar-refractivity contribution < 1.29 is 14.0 Å². The van der Waals surface area contributed by atoms with Crippen LogP contribution in [0.4, 0.5) is 0 Å². The fourth-order valence-corrected chi connectivity index (χ4v) is 4.02. The summed E-state index contributed by atoms with van der Waals surface area (Å²) >= 11 is 0. The van der Waals surface area contributed by atoms with Crippen molar-refractivity contribution in [2.45, 2.75) is 70.6 Å². The van der Waals surface area contributed by atoms with Crippen LogP contribution in [0, 0.1) is 0 Å². The Labute approximate surface area is 92.8 Å². The van der Waals surface area contributed by atoms with Crippen molar-refractivity contribution in [1.82, 2.24) is 0 Å². The van der Waals surface area contributed by atoms with Gasteiger partial charge in [-0.05, 0) is 26.2 Å². The predicted octanol–water partition coefficient (Wildman–Crippen LogP) is 3.71. The van der Waals surface area contributed by atoms with Gasteiger partial charge in [-0.1, -0.05) is 32.6 Å². The molecular formula is C11H23O3P. The van der Waals surface area contributed by atoms with E-state index in [0.717, 1.165) is 38.5 Å². The van der Waals surface area contributed by atoms with E-state index in [0.29, 0.717) is 0 Å². The molecule has 0 aromatic rings. The molecule has 1 aliphatic carbocycles. The summed E-state index contributed by atoms with van der Waals surface area (Å²) in [6, 6.07) is 0. The molecule has 0 spiro atoms. The van der Waals surface area contributed by atoms with Gasteiger partial charge in [0.2, 0.25) is 0 Å². The van der Waals surface area contributed by atoms with Crippen LogP contribution in [0.5, 0.6) is 0 Å². The normalized spacial score (nSPS) is 24.7. The van der Waals surface area contributed by atoms with Gasteiger partial charge in [0.05, 0.1) is 11.8 Å². The lowest BCUT2D eigenvalue weighted by Crippen LogP contribution is -2.17. The van der Waals surface area contributed by atoms with Crippen LogP contribution in [0.15, 0.2) is 0 Å². The van der Waals surface area contributed by atoms with E-state index in [9.17, 15) is 9.46 Å². The van der Waals surface area contributed by atoms with Gasteiger partial charge in [0, 0.05) is 0 Å². The zero-order valence-electron chi connectivity index (χ0n) is 9.82. The summed E-state index contributed by atoms with van der Waals surface area (Å²) in [5, 5.41) is 0. The molecule has 15 heavy (non-hydrogen) atoms. The summed E-state index contributed by atoms with van der Waals surface area (Å²) in [7, 11) is -3.35. The van der Waals surface area contributed by atoms with Crippen LogP contribution in [0.1, 0.15) is 58.8 Å². The average Bonchev–Trinajstić information content (AvgIpc) is 2.18. The van der Waals surface area contributed by atoms with Gasteiger partial charge >= 0.3 is 7.60 Å². The summed E-state index contributed by atoms with van der Waals surface area (Å²) in [5.41, 5.74) is -0.106. The minimum atomic E-state index is -3.35. The molecule has 3 nitrogen and oxygen atoms in total. The molecule has 1 rings (SSSR count). The molecule has 2 unspecified atom stereocenters. The van der Waals surface area contributed by atoms with E-state index in [4.69, 9.17) is 4.52 Å². The van der Waals surface area contributed by atoms with Crippen LogP contribution in [0.3, 0.4) is 0 Å². The highest BCUT2D eigenvalue weighted by Gasteiger charge is 2.34. The molecule has 0 amide bonds. The molecule has 0 radical (unpaired) electrons. The summed E-state index contributed by atoms with van der Waals surface area (Å²) in [6.45, 7) is 3.94. The van der Waals surface area contributed by atoms with E-state index in [1.54, 1.807) is 0 Å². The maximum absolute atomic E-state index is 12.0. The predicted molar refractivity (Wildman–Crippen MR) is 62.2 cm³/mol. The van der Waals surface area contributed by atoms with Crippen molar-refractivity contribution in [2.75, 3.05) is 0 Å². The third-order valence-electron chi connectivity index (χ3n) is 3.06. The molecule has 2 atom stereocenters. The van der Waals surface area contributed by atoms with Gasteiger partial charge < -0.3 is 9.42 Å². The fourth-order valence-electron chi connectivity index (χ4n) is 2.21. The van der Waals surface area contributed by atoms with Gasteiger partial charge in [-0.2, -0.15) is 0 Å². The minimum Gasteiger partial charge on any atom is -0.324 e. The first-order valence-electron chi connectivity index (χ1n) is 6.07. The van der Waals surface area contributed by atoms with Crippen LogP contribution >= 0.6 is 7.60 Å². The Morgan fingerprint density at radius 1 is 1.40 bits per heavy atom. The molecule has 4 heteroatoms. The topological polar surface area (TPSA) is 46.5 Å². The van der Waals surface area contributed by atoms with E-state index in [-0.39, 0.29) is 11.8 Å². The molecule has 1 aliphatic rings. The largest absolute Gasteiger partial charge is 0.331 e. The highest BCUT2D eigenvalue weighted by Crippen LogP contribution is 2.53. The van der Waals surface area contributed by atoms with Crippen LogP contribution in [0.2, 0.25) is 0 Å². The SMILES string of the molecule is CCCC(C)OP(=O)(O)C1CCCCC1. The molecule has 0 saturated heterocycles. The van der Waals surface area contributed by atoms with E-state index in [1.165, 1.54) is 6.42 Å². The van der Waals surface area contributed by atoms with E-state index < -0.39 is 7.60 Å². The molecule has 90 valence electrons. The van der Waals surface area contributed by atoms with Crippen LogP contribution in [-0.4, -0.2) is 16.7 Å². The zero-order chi connectivity index (χ0) is 11.3. The van der Waals surface area contributed by atoms with Gasteiger partial charge in [0.25, 0.3) is 0 Å². The van der Waals surface area contributed by atoms with Crippen molar-refractivity contribution in [3.8, 4) is 0 Å². The molecule has 0 bridgehead atoms. The number of hydrogen-bond donors (Lipinski definition) is 1. The molecule has 1 N–H and O–H groups in total.